The fraction of sp³-hybridized carbons (Fsp3) is 0.174. The number of aromatic nitrogens is 4. The molecule has 0 aliphatic heterocycles. The molecule has 140 valence electrons. The largest absolute Gasteiger partial charge is 0.380 e. The van der Waals surface area contributed by atoms with Crippen LogP contribution in [0.5, 0.6) is 0 Å². The lowest BCUT2D eigenvalue weighted by atomic mass is 10.1. The summed E-state index contributed by atoms with van der Waals surface area (Å²) in [4.78, 5) is 8.95. The van der Waals surface area contributed by atoms with E-state index in [0.29, 0.717) is 18.1 Å². The number of rotatable bonds is 6. The molecule has 1 N–H and O–H groups in total. The van der Waals surface area contributed by atoms with Crippen molar-refractivity contribution in [3.8, 4) is 5.69 Å². The third-order valence-corrected chi connectivity index (χ3v) is 4.64. The topological polar surface area (TPSA) is 63.8 Å². The molecule has 0 aliphatic rings. The van der Waals surface area contributed by atoms with Crippen molar-refractivity contribution in [3.05, 3.63) is 107 Å². The van der Waals surface area contributed by atoms with Crippen molar-refractivity contribution in [3.63, 3.8) is 0 Å². The number of hydrogen-bond acceptors (Lipinski definition) is 4. The third kappa shape index (κ3) is 4.00. The molecule has 0 bridgehead atoms. The molecule has 4 rings (SSSR count). The molecule has 0 saturated heterocycles. The van der Waals surface area contributed by atoms with Crippen molar-refractivity contribution >= 4 is 0 Å². The van der Waals surface area contributed by atoms with Gasteiger partial charge in [0, 0.05) is 18.3 Å². The Bertz CT molecular complexity index is 1040. The van der Waals surface area contributed by atoms with Crippen molar-refractivity contribution in [1.29, 1.82) is 0 Å². The monoisotopic (exact) mass is 370 g/mol. The van der Waals surface area contributed by atoms with Gasteiger partial charge in [0.25, 0.3) is 0 Å². The van der Waals surface area contributed by atoms with Gasteiger partial charge in [0.15, 0.2) is 11.6 Å². The van der Waals surface area contributed by atoms with Gasteiger partial charge in [-0.15, -0.1) is 0 Å². The summed E-state index contributed by atoms with van der Waals surface area (Å²) in [5.41, 5.74) is 3.76. The first kappa shape index (κ1) is 18.1. The predicted octanol–water partition coefficient (Wildman–Crippen LogP) is 3.84. The Morgan fingerprint density at radius 2 is 1.64 bits per heavy atom. The highest BCUT2D eigenvalue weighted by Gasteiger charge is 2.21. The van der Waals surface area contributed by atoms with Crippen LogP contribution in [-0.2, 0) is 12.8 Å². The minimum absolute atomic E-state index is 0.514. The lowest BCUT2D eigenvalue weighted by Crippen LogP contribution is -2.10. The summed E-state index contributed by atoms with van der Waals surface area (Å²) in [5, 5.41) is 15.7. The average Bonchev–Trinajstić information content (AvgIpc) is 3.17. The van der Waals surface area contributed by atoms with Crippen molar-refractivity contribution in [1.82, 2.24) is 19.7 Å². The predicted molar refractivity (Wildman–Crippen MR) is 108 cm³/mol. The number of aliphatic hydroxyl groups is 1. The Morgan fingerprint density at radius 1 is 0.929 bits per heavy atom. The molecule has 5 heteroatoms. The summed E-state index contributed by atoms with van der Waals surface area (Å²) in [6.07, 6.45) is 2.44. The van der Waals surface area contributed by atoms with E-state index in [2.05, 4.69) is 22.1 Å². The molecule has 2 heterocycles. The first-order valence-electron chi connectivity index (χ1n) is 9.36. The third-order valence-electron chi connectivity index (χ3n) is 4.64. The van der Waals surface area contributed by atoms with Crippen LogP contribution in [0.4, 0.5) is 0 Å². The molecule has 0 fully saturated rings. The molecule has 0 radical (unpaired) electrons. The van der Waals surface area contributed by atoms with Gasteiger partial charge in [-0.05, 0) is 36.6 Å². The SMILES string of the molecule is Cc1cc(-n2nc(CCc3ccccc3)nc2[C@H](O)c2ccccc2)ccn1. The second kappa shape index (κ2) is 8.15. The average molecular weight is 370 g/mol. The van der Waals surface area contributed by atoms with E-state index in [1.54, 1.807) is 10.9 Å². The Labute approximate surface area is 164 Å². The van der Waals surface area contributed by atoms with Gasteiger partial charge in [-0.1, -0.05) is 60.7 Å². The van der Waals surface area contributed by atoms with Crippen LogP contribution in [0.3, 0.4) is 0 Å². The Morgan fingerprint density at radius 3 is 2.36 bits per heavy atom. The van der Waals surface area contributed by atoms with Gasteiger partial charge in [0.1, 0.15) is 6.10 Å². The van der Waals surface area contributed by atoms with Crippen LogP contribution in [0.1, 0.15) is 34.6 Å². The van der Waals surface area contributed by atoms with Crippen molar-refractivity contribution < 1.29 is 5.11 Å². The molecule has 28 heavy (non-hydrogen) atoms. The van der Waals surface area contributed by atoms with Crippen molar-refractivity contribution in [2.75, 3.05) is 0 Å². The van der Waals surface area contributed by atoms with E-state index in [9.17, 15) is 5.11 Å². The number of aliphatic hydroxyl groups excluding tert-OH is 1. The normalized spacial score (nSPS) is 12.1. The van der Waals surface area contributed by atoms with E-state index < -0.39 is 6.10 Å². The molecule has 0 aliphatic carbocycles. The maximum atomic E-state index is 11.0. The summed E-state index contributed by atoms with van der Waals surface area (Å²) >= 11 is 0. The van der Waals surface area contributed by atoms with E-state index in [0.717, 1.165) is 23.4 Å². The lowest BCUT2D eigenvalue weighted by molar-refractivity contribution is 0.207. The van der Waals surface area contributed by atoms with Gasteiger partial charge in [0.05, 0.1) is 5.69 Å². The summed E-state index contributed by atoms with van der Waals surface area (Å²) in [6, 6.07) is 23.6. The number of benzene rings is 2. The molecule has 1 atom stereocenters. The minimum atomic E-state index is -0.854. The van der Waals surface area contributed by atoms with Crippen LogP contribution >= 0.6 is 0 Å². The molecule has 0 unspecified atom stereocenters. The number of aryl methyl sites for hydroxylation is 3. The second-order valence-corrected chi connectivity index (χ2v) is 6.75. The molecule has 2 aromatic heterocycles. The molecule has 0 amide bonds. The molecule has 2 aromatic carbocycles. The van der Waals surface area contributed by atoms with Crippen molar-refractivity contribution in [2.45, 2.75) is 25.9 Å². The van der Waals surface area contributed by atoms with Crippen molar-refractivity contribution in [2.24, 2.45) is 0 Å². The van der Waals surface area contributed by atoms with Crippen LogP contribution in [-0.4, -0.2) is 24.9 Å². The lowest BCUT2D eigenvalue weighted by Gasteiger charge is -2.12. The quantitative estimate of drug-likeness (QED) is 0.560. The van der Waals surface area contributed by atoms with Gasteiger partial charge < -0.3 is 5.11 Å². The second-order valence-electron chi connectivity index (χ2n) is 6.75. The van der Waals surface area contributed by atoms with E-state index in [1.165, 1.54) is 5.56 Å². The van der Waals surface area contributed by atoms with Crippen LogP contribution in [0.2, 0.25) is 0 Å². The standard InChI is InChI=1S/C23H22N4O/c1-17-16-20(14-15-24-17)27-23(22(28)19-10-6-3-7-11-19)25-21(26-27)13-12-18-8-4-2-5-9-18/h2-11,14-16,22,28H,12-13H2,1H3/t22-/m1/s1. The molecule has 4 aromatic rings. The Hall–Kier alpha value is -3.31. The van der Waals surface area contributed by atoms with E-state index >= 15 is 0 Å². The van der Waals surface area contributed by atoms with Crippen LogP contribution in [0, 0.1) is 6.92 Å². The highest BCUT2D eigenvalue weighted by Crippen LogP contribution is 2.23. The van der Waals surface area contributed by atoms with Gasteiger partial charge in [-0.3, -0.25) is 4.98 Å². The maximum Gasteiger partial charge on any atom is 0.165 e. The van der Waals surface area contributed by atoms with Crippen LogP contribution < -0.4 is 0 Å². The van der Waals surface area contributed by atoms with Gasteiger partial charge in [-0.2, -0.15) is 5.10 Å². The van der Waals surface area contributed by atoms with E-state index in [1.807, 2.05) is 67.6 Å². The fourth-order valence-corrected chi connectivity index (χ4v) is 3.19. The number of nitrogens with zero attached hydrogens (tertiary/aromatic N) is 4. The summed E-state index contributed by atoms with van der Waals surface area (Å²) in [6.45, 7) is 1.93. The Kier molecular flexibility index (Phi) is 5.26. The molecule has 0 saturated carbocycles. The highest BCUT2D eigenvalue weighted by molar-refractivity contribution is 5.34. The molecular weight excluding hydrogens is 348 g/mol. The minimum Gasteiger partial charge on any atom is -0.380 e. The van der Waals surface area contributed by atoms with E-state index in [4.69, 9.17) is 5.10 Å². The summed E-state index contributed by atoms with van der Waals surface area (Å²) in [5.74, 6) is 1.23. The Balaban J connectivity index is 1.69. The first-order valence-corrected chi connectivity index (χ1v) is 9.36. The maximum absolute atomic E-state index is 11.0. The smallest absolute Gasteiger partial charge is 0.165 e. The number of hydrogen-bond donors (Lipinski definition) is 1. The van der Waals surface area contributed by atoms with Crippen LogP contribution in [0.15, 0.2) is 79.0 Å². The van der Waals surface area contributed by atoms with Gasteiger partial charge in [-0.25, -0.2) is 9.67 Å². The zero-order chi connectivity index (χ0) is 19.3. The van der Waals surface area contributed by atoms with Gasteiger partial charge >= 0.3 is 0 Å². The van der Waals surface area contributed by atoms with Gasteiger partial charge in [0.2, 0.25) is 0 Å². The number of pyridine rings is 1. The van der Waals surface area contributed by atoms with E-state index in [-0.39, 0.29) is 0 Å². The van der Waals surface area contributed by atoms with Crippen LogP contribution in [0.25, 0.3) is 5.69 Å². The molecular formula is C23H22N4O. The zero-order valence-electron chi connectivity index (χ0n) is 15.7. The summed E-state index contributed by atoms with van der Waals surface area (Å²) in [7, 11) is 0. The molecule has 0 spiro atoms. The molecule has 5 nitrogen and oxygen atoms in total. The fourth-order valence-electron chi connectivity index (χ4n) is 3.19. The highest BCUT2D eigenvalue weighted by atomic mass is 16.3. The first-order chi connectivity index (χ1) is 13.7. The summed E-state index contributed by atoms with van der Waals surface area (Å²) < 4.78 is 1.73. The zero-order valence-corrected chi connectivity index (χ0v) is 15.7.